The van der Waals surface area contributed by atoms with Crippen LogP contribution < -0.4 is 10.1 Å². The van der Waals surface area contributed by atoms with E-state index in [4.69, 9.17) is 4.74 Å². The first-order chi connectivity index (χ1) is 11.0. The summed E-state index contributed by atoms with van der Waals surface area (Å²) in [5, 5.41) is 2.28. The van der Waals surface area contributed by atoms with Gasteiger partial charge in [-0.1, -0.05) is 23.8 Å². The molecule has 0 saturated heterocycles. The standard InChI is InChI=1S/C17H16FNO4/c1-11-6-8-12(9-7-11)23-14-5-3-4-13(16(14)18)17(21)19-10-15(20)22-2/h3-9H,10H2,1-2H3,(H,19,21). The molecule has 0 unspecified atom stereocenters. The second-order valence-corrected chi connectivity index (χ2v) is 4.79. The van der Waals surface area contributed by atoms with Crippen LogP contribution in [0.15, 0.2) is 42.5 Å². The quantitative estimate of drug-likeness (QED) is 0.861. The topological polar surface area (TPSA) is 64.6 Å². The molecule has 0 atom stereocenters. The summed E-state index contributed by atoms with van der Waals surface area (Å²) in [5.74, 6) is -1.75. The number of rotatable bonds is 5. The number of ether oxygens (including phenoxy) is 2. The molecule has 23 heavy (non-hydrogen) atoms. The van der Waals surface area contributed by atoms with E-state index in [0.29, 0.717) is 5.75 Å². The van der Waals surface area contributed by atoms with E-state index in [1.54, 1.807) is 12.1 Å². The van der Waals surface area contributed by atoms with Gasteiger partial charge in [0.2, 0.25) is 0 Å². The van der Waals surface area contributed by atoms with Crippen LogP contribution in [0.2, 0.25) is 0 Å². The van der Waals surface area contributed by atoms with Gasteiger partial charge in [-0.15, -0.1) is 0 Å². The van der Waals surface area contributed by atoms with Crippen LogP contribution in [0.1, 0.15) is 15.9 Å². The third-order valence-electron chi connectivity index (χ3n) is 3.08. The Labute approximate surface area is 133 Å². The highest BCUT2D eigenvalue weighted by molar-refractivity contribution is 5.96. The van der Waals surface area contributed by atoms with E-state index >= 15 is 0 Å². The lowest BCUT2D eigenvalue weighted by atomic mass is 10.2. The van der Waals surface area contributed by atoms with Crippen molar-refractivity contribution in [3.8, 4) is 11.5 Å². The number of aryl methyl sites for hydroxylation is 1. The summed E-state index contributed by atoms with van der Waals surface area (Å²) in [6.07, 6.45) is 0. The normalized spacial score (nSPS) is 10.0. The van der Waals surface area contributed by atoms with E-state index in [9.17, 15) is 14.0 Å². The Bertz CT molecular complexity index is 713. The molecule has 0 aliphatic carbocycles. The van der Waals surface area contributed by atoms with E-state index in [-0.39, 0.29) is 17.9 Å². The van der Waals surface area contributed by atoms with Crippen molar-refractivity contribution in [1.29, 1.82) is 0 Å². The zero-order chi connectivity index (χ0) is 16.8. The van der Waals surface area contributed by atoms with Gasteiger partial charge in [0.05, 0.1) is 12.7 Å². The predicted octanol–water partition coefficient (Wildman–Crippen LogP) is 2.83. The fraction of sp³-hybridized carbons (Fsp3) is 0.176. The van der Waals surface area contributed by atoms with Crippen LogP contribution in [0.4, 0.5) is 4.39 Å². The van der Waals surface area contributed by atoms with Gasteiger partial charge in [0.1, 0.15) is 12.3 Å². The third-order valence-corrected chi connectivity index (χ3v) is 3.08. The summed E-state index contributed by atoms with van der Waals surface area (Å²) in [6, 6.07) is 11.3. The molecule has 0 bridgehead atoms. The van der Waals surface area contributed by atoms with Gasteiger partial charge < -0.3 is 14.8 Å². The van der Waals surface area contributed by atoms with Crippen LogP contribution in [0.3, 0.4) is 0 Å². The summed E-state index contributed by atoms with van der Waals surface area (Å²) >= 11 is 0. The van der Waals surface area contributed by atoms with Crippen molar-refractivity contribution < 1.29 is 23.5 Å². The fourth-order valence-electron chi connectivity index (χ4n) is 1.82. The Balaban J connectivity index is 2.15. The third kappa shape index (κ3) is 4.29. The van der Waals surface area contributed by atoms with E-state index in [1.807, 2.05) is 19.1 Å². The molecule has 0 saturated carbocycles. The van der Waals surface area contributed by atoms with E-state index in [2.05, 4.69) is 10.1 Å². The van der Waals surface area contributed by atoms with Crippen molar-refractivity contribution in [2.75, 3.05) is 13.7 Å². The van der Waals surface area contributed by atoms with Gasteiger partial charge in [-0.3, -0.25) is 9.59 Å². The van der Waals surface area contributed by atoms with Crippen LogP contribution in [-0.2, 0) is 9.53 Å². The monoisotopic (exact) mass is 317 g/mol. The highest BCUT2D eigenvalue weighted by atomic mass is 19.1. The molecule has 5 nitrogen and oxygen atoms in total. The lowest BCUT2D eigenvalue weighted by molar-refractivity contribution is -0.139. The lowest BCUT2D eigenvalue weighted by Gasteiger charge is -2.10. The first-order valence-corrected chi connectivity index (χ1v) is 6.89. The van der Waals surface area contributed by atoms with E-state index in [0.717, 1.165) is 5.56 Å². The van der Waals surface area contributed by atoms with Crippen LogP contribution >= 0.6 is 0 Å². The molecule has 2 rings (SSSR count). The second-order valence-electron chi connectivity index (χ2n) is 4.79. The predicted molar refractivity (Wildman–Crippen MR) is 82.0 cm³/mol. The molecule has 0 radical (unpaired) electrons. The number of halogens is 1. The lowest BCUT2D eigenvalue weighted by Crippen LogP contribution is -2.30. The number of nitrogens with one attached hydrogen (secondary N) is 1. The molecule has 120 valence electrons. The van der Waals surface area contributed by atoms with Crippen LogP contribution in [-0.4, -0.2) is 25.5 Å². The largest absolute Gasteiger partial charge is 0.468 e. The molecule has 2 aromatic rings. The average molecular weight is 317 g/mol. The summed E-state index contributed by atoms with van der Waals surface area (Å²) in [5.41, 5.74) is 0.840. The number of hydrogen-bond donors (Lipinski definition) is 1. The molecule has 0 fully saturated rings. The summed E-state index contributed by atoms with van der Waals surface area (Å²) in [6.45, 7) is 1.59. The minimum Gasteiger partial charge on any atom is -0.468 e. The molecule has 0 spiro atoms. The zero-order valence-electron chi connectivity index (χ0n) is 12.8. The number of benzene rings is 2. The van der Waals surface area contributed by atoms with Crippen LogP contribution in [0, 0.1) is 12.7 Å². The first kappa shape index (κ1) is 16.5. The van der Waals surface area contributed by atoms with Crippen molar-refractivity contribution in [3.63, 3.8) is 0 Å². The van der Waals surface area contributed by atoms with Gasteiger partial charge in [-0.25, -0.2) is 4.39 Å². The maximum Gasteiger partial charge on any atom is 0.325 e. The minimum atomic E-state index is -0.796. The molecule has 2 aromatic carbocycles. The van der Waals surface area contributed by atoms with Gasteiger partial charge in [0.15, 0.2) is 11.6 Å². The van der Waals surface area contributed by atoms with Gasteiger partial charge in [0, 0.05) is 0 Å². The smallest absolute Gasteiger partial charge is 0.325 e. The Morgan fingerprint density at radius 1 is 1.13 bits per heavy atom. The second kappa shape index (κ2) is 7.40. The summed E-state index contributed by atoms with van der Waals surface area (Å²) in [4.78, 5) is 22.9. The van der Waals surface area contributed by atoms with E-state index in [1.165, 1.54) is 25.3 Å². The molecule has 0 aliphatic rings. The van der Waals surface area contributed by atoms with Gasteiger partial charge in [0.25, 0.3) is 5.91 Å². The molecule has 0 aromatic heterocycles. The number of carbonyl (C=O) groups excluding carboxylic acids is 2. The maximum absolute atomic E-state index is 14.4. The van der Waals surface area contributed by atoms with Crippen molar-refractivity contribution in [2.24, 2.45) is 0 Å². The maximum atomic E-state index is 14.4. The van der Waals surface area contributed by atoms with Crippen LogP contribution in [0.5, 0.6) is 11.5 Å². The van der Waals surface area contributed by atoms with Gasteiger partial charge in [-0.2, -0.15) is 0 Å². The van der Waals surface area contributed by atoms with Crippen molar-refractivity contribution in [3.05, 3.63) is 59.4 Å². The molecular formula is C17H16FNO4. The number of esters is 1. The molecular weight excluding hydrogens is 301 g/mol. The molecule has 1 N–H and O–H groups in total. The Kier molecular flexibility index (Phi) is 5.30. The van der Waals surface area contributed by atoms with Crippen molar-refractivity contribution in [1.82, 2.24) is 5.32 Å². The summed E-state index contributed by atoms with van der Waals surface area (Å²) in [7, 11) is 1.20. The van der Waals surface area contributed by atoms with E-state index < -0.39 is 17.7 Å². The fourth-order valence-corrected chi connectivity index (χ4v) is 1.82. The molecule has 0 aliphatic heterocycles. The number of hydrogen-bond acceptors (Lipinski definition) is 4. The molecule has 0 heterocycles. The van der Waals surface area contributed by atoms with Gasteiger partial charge >= 0.3 is 5.97 Å². The Morgan fingerprint density at radius 3 is 2.48 bits per heavy atom. The molecule has 6 heteroatoms. The Hall–Kier alpha value is -2.89. The first-order valence-electron chi connectivity index (χ1n) is 6.89. The van der Waals surface area contributed by atoms with Crippen molar-refractivity contribution in [2.45, 2.75) is 6.92 Å². The van der Waals surface area contributed by atoms with Crippen LogP contribution in [0.25, 0.3) is 0 Å². The number of methoxy groups -OCH3 is 1. The SMILES string of the molecule is COC(=O)CNC(=O)c1cccc(Oc2ccc(C)cc2)c1F. The van der Waals surface area contributed by atoms with Crippen molar-refractivity contribution >= 4 is 11.9 Å². The molecule has 1 amide bonds. The highest BCUT2D eigenvalue weighted by Gasteiger charge is 2.17. The zero-order valence-corrected chi connectivity index (χ0v) is 12.8. The number of amides is 1. The highest BCUT2D eigenvalue weighted by Crippen LogP contribution is 2.26. The summed E-state index contributed by atoms with van der Waals surface area (Å²) < 4.78 is 24.3. The number of carbonyl (C=O) groups is 2. The Morgan fingerprint density at radius 2 is 1.83 bits per heavy atom. The van der Waals surface area contributed by atoms with Gasteiger partial charge in [-0.05, 0) is 31.2 Å². The average Bonchev–Trinajstić information content (AvgIpc) is 2.56. The minimum absolute atomic E-state index is 0.0698.